The first-order valence-corrected chi connectivity index (χ1v) is 27.5. The molecule has 2 aromatic heterocycles. The maximum absolute atomic E-state index is 12.6. The van der Waals surface area contributed by atoms with Gasteiger partial charge >= 0.3 is 0 Å². The van der Waals surface area contributed by atoms with Crippen molar-refractivity contribution < 1.29 is 36.5 Å². The van der Waals surface area contributed by atoms with Crippen LogP contribution in [0.2, 0.25) is 0 Å². The molecule has 0 aliphatic heterocycles. The standard InChI is InChI=1S/C28H32N5O5S.C28H33N5O3S/c1-28(2,15-16-31-17-18-32(21-31)24-11-13-25(14-12-24)33(35)36)29-20-27(34)22-7-6-8-23(19-22)30-39(37,38)26-9-4-3-5-10-26;1-28(2,15-16-33-19-26(30-20-33)21-11-13-23(29)14-12-21)31-18-27(34)22-7-6-8-24(17-22)32-37(35,36)25-9-4-3-5-10-25/h3-14,17-19,21,27,29-30,34H,15-16,20H2,1-2H3;3-14,17,19-20,27,31-32,34H,15-16,18,29H2,1-2H3/q+1;. The minimum atomic E-state index is -3.72. The average molecular weight is 1070 g/mol. The number of sulfonamides is 2. The maximum atomic E-state index is 12.6. The van der Waals surface area contributed by atoms with Gasteiger partial charge in [-0.1, -0.05) is 72.8 Å². The Balaban J connectivity index is 0.000000221. The molecule has 2 atom stereocenters. The molecule has 0 saturated carbocycles. The largest absolute Gasteiger partial charge is 0.399 e. The van der Waals surface area contributed by atoms with Gasteiger partial charge in [-0.05, 0) is 118 Å². The summed E-state index contributed by atoms with van der Waals surface area (Å²) in [4.78, 5) is 15.3. The molecule has 0 aliphatic carbocycles. The smallest absolute Gasteiger partial charge is 0.269 e. The van der Waals surface area contributed by atoms with Crippen LogP contribution in [-0.4, -0.2) is 70.3 Å². The number of nitro groups is 1. The molecule has 8 N–H and O–H groups in total. The molecule has 6 aromatic carbocycles. The lowest BCUT2D eigenvalue weighted by atomic mass is 9.99. The van der Waals surface area contributed by atoms with Gasteiger partial charge in [0, 0.05) is 78.1 Å². The van der Waals surface area contributed by atoms with Crippen molar-refractivity contribution in [2.45, 2.75) is 86.7 Å². The van der Waals surface area contributed by atoms with E-state index < -0.39 is 37.2 Å². The molecule has 0 saturated heterocycles. The summed E-state index contributed by atoms with van der Waals surface area (Å²) < 4.78 is 61.7. The van der Waals surface area contributed by atoms with Crippen LogP contribution in [0.4, 0.5) is 22.7 Å². The minimum Gasteiger partial charge on any atom is -0.399 e. The number of hydrogen-bond donors (Lipinski definition) is 7. The number of nitrogen functional groups attached to an aromatic ring is 1. The summed E-state index contributed by atoms with van der Waals surface area (Å²) in [7, 11) is -7.43. The third-order valence-electron chi connectivity index (χ3n) is 12.6. The molecule has 2 unspecified atom stereocenters. The van der Waals surface area contributed by atoms with Gasteiger partial charge in [0.1, 0.15) is 18.1 Å². The van der Waals surface area contributed by atoms with Gasteiger partial charge < -0.3 is 31.1 Å². The van der Waals surface area contributed by atoms with Crippen molar-refractivity contribution >= 4 is 42.8 Å². The van der Waals surface area contributed by atoms with Crippen LogP contribution in [0.1, 0.15) is 63.9 Å². The number of imidazole rings is 2. The third kappa shape index (κ3) is 16.1. The van der Waals surface area contributed by atoms with Gasteiger partial charge in [0.25, 0.3) is 25.7 Å². The molecule has 398 valence electrons. The normalized spacial score (nSPS) is 12.8. The summed E-state index contributed by atoms with van der Waals surface area (Å²) in [5, 5.41) is 39.3. The van der Waals surface area contributed by atoms with Crippen LogP contribution in [0, 0.1) is 10.1 Å². The molecule has 2 heterocycles. The number of non-ortho nitro benzene ring substituents is 1. The van der Waals surface area contributed by atoms with Gasteiger partial charge in [-0.15, -0.1) is 0 Å². The number of aromatic nitrogens is 4. The van der Waals surface area contributed by atoms with Crippen molar-refractivity contribution in [3.63, 3.8) is 0 Å². The molecule has 0 aliphatic rings. The van der Waals surface area contributed by atoms with Gasteiger partial charge in [-0.25, -0.2) is 31.0 Å². The molecular weight excluding hydrogens is 1000 g/mol. The highest BCUT2D eigenvalue weighted by molar-refractivity contribution is 7.93. The lowest BCUT2D eigenvalue weighted by Gasteiger charge is -2.28. The predicted molar refractivity (Wildman–Crippen MR) is 295 cm³/mol. The number of rotatable bonds is 23. The van der Waals surface area contributed by atoms with Gasteiger partial charge in [0.15, 0.2) is 0 Å². The van der Waals surface area contributed by atoms with E-state index in [4.69, 9.17) is 5.73 Å². The topological polar surface area (TPSA) is 253 Å². The molecule has 76 heavy (non-hydrogen) atoms. The van der Waals surface area contributed by atoms with Crippen LogP contribution in [0.25, 0.3) is 16.9 Å². The minimum absolute atomic E-state index is 0.0500. The lowest BCUT2D eigenvalue weighted by Crippen LogP contribution is -2.45. The Morgan fingerprint density at radius 3 is 1.71 bits per heavy atom. The van der Waals surface area contributed by atoms with E-state index in [0.29, 0.717) is 35.6 Å². The van der Waals surface area contributed by atoms with Crippen LogP contribution < -0.4 is 30.4 Å². The fourth-order valence-corrected chi connectivity index (χ4v) is 10.1. The Hall–Kier alpha value is -7.72. The van der Waals surface area contributed by atoms with Crippen molar-refractivity contribution in [3.05, 3.63) is 210 Å². The second-order valence-corrected chi connectivity index (χ2v) is 23.0. The molecule has 0 bridgehead atoms. The summed E-state index contributed by atoms with van der Waals surface area (Å²) in [6.07, 6.45) is 9.54. The highest BCUT2D eigenvalue weighted by atomic mass is 32.2. The molecule has 20 heteroatoms. The number of nitrogens with zero attached hydrogens (tertiary/aromatic N) is 5. The zero-order valence-corrected chi connectivity index (χ0v) is 44.4. The molecule has 18 nitrogen and oxygen atoms in total. The van der Waals surface area contributed by atoms with Gasteiger partial charge in [-0.2, -0.15) is 0 Å². The first-order valence-electron chi connectivity index (χ1n) is 24.6. The zero-order chi connectivity index (χ0) is 54.5. The first-order chi connectivity index (χ1) is 36.1. The van der Waals surface area contributed by atoms with E-state index in [-0.39, 0.29) is 33.1 Å². The van der Waals surface area contributed by atoms with Crippen molar-refractivity contribution in [1.29, 1.82) is 0 Å². The number of aryl methyl sites for hydroxylation is 2. The van der Waals surface area contributed by atoms with E-state index in [9.17, 15) is 37.2 Å². The second-order valence-electron chi connectivity index (χ2n) is 19.6. The number of hydrogen-bond acceptors (Lipinski definition) is 12. The number of β-amino-alcohol motifs (C(OH)–C–C–N with tert-alkyl or cyclic N) is 2. The van der Waals surface area contributed by atoms with Gasteiger partial charge in [0.05, 0.1) is 45.5 Å². The summed E-state index contributed by atoms with van der Waals surface area (Å²) in [6.45, 7) is 10.4. The summed E-state index contributed by atoms with van der Waals surface area (Å²) in [5.41, 5.74) is 10.7. The Labute approximate surface area is 444 Å². The van der Waals surface area contributed by atoms with Crippen LogP contribution in [-0.2, 0) is 33.1 Å². The number of nitrogens with two attached hydrogens (primary N) is 1. The fourth-order valence-electron chi connectivity index (χ4n) is 7.93. The Morgan fingerprint density at radius 2 is 1.20 bits per heavy atom. The average Bonchev–Trinajstić information content (AvgIpc) is 4.10. The fraction of sp³-hybridized carbons (Fsp3) is 0.250. The quantitative estimate of drug-likeness (QED) is 0.0138. The van der Waals surface area contributed by atoms with E-state index in [0.717, 1.165) is 42.0 Å². The molecule has 8 aromatic rings. The van der Waals surface area contributed by atoms with E-state index in [1.807, 2.05) is 69.2 Å². The highest BCUT2D eigenvalue weighted by Gasteiger charge is 2.23. The molecule has 0 amide bonds. The van der Waals surface area contributed by atoms with E-state index in [1.165, 1.54) is 36.4 Å². The molecule has 0 fully saturated rings. The van der Waals surface area contributed by atoms with Crippen molar-refractivity contribution in [1.82, 2.24) is 24.8 Å². The number of aliphatic hydroxyl groups is 2. The molecule has 8 rings (SSSR count). The number of anilines is 3. The van der Waals surface area contributed by atoms with E-state index in [2.05, 4.69) is 52.8 Å². The number of aliphatic hydroxyl groups excluding tert-OH is 2. The van der Waals surface area contributed by atoms with Gasteiger partial charge in [-0.3, -0.25) is 19.6 Å². The molecule has 0 radical (unpaired) electrons. The third-order valence-corrected chi connectivity index (χ3v) is 15.4. The monoisotopic (exact) mass is 1070 g/mol. The van der Waals surface area contributed by atoms with Crippen LogP contribution in [0.3, 0.4) is 0 Å². The van der Waals surface area contributed by atoms with Crippen LogP contribution in [0.5, 0.6) is 0 Å². The molecule has 0 spiro atoms. The summed E-state index contributed by atoms with van der Waals surface area (Å²) >= 11 is 0. The Morgan fingerprint density at radius 1 is 0.684 bits per heavy atom. The first kappa shape index (κ1) is 56.0. The maximum Gasteiger partial charge on any atom is 0.269 e. The van der Waals surface area contributed by atoms with Gasteiger partial charge in [0.2, 0.25) is 6.33 Å². The predicted octanol–water partition coefficient (Wildman–Crippen LogP) is 8.39. The van der Waals surface area contributed by atoms with Crippen molar-refractivity contribution in [2.24, 2.45) is 0 Å². The molecular formula is C56H65N10O8S2+. The SMILES string of the molecule is CC(C)(CC[n+]1ccn(-c2ccc([N+](=O)[O-])cc2)c1)NCC(O)c1cccc(NS(=O)(=O)c2ccccc2)c1.CC(C)(CCn1cnc(-c2ccc(N)cc2)c1)NCC(O)c1cccc(NS(=O)(=O)c2ccccc2)c1. The summed E-state index contributed by atoms with van der Waals surface area (Å²) in [5.74, 6) is 0. The number of benzene rings is 6. The number of nitrogens with one attached hydrogen (secondary N) is 4. The summed E-state index contributed by atoms with van der Waals surface area (Å²) in [6, 6.07) is 43.9. The number of nitro benzene ring substituents is 1. The highest BCUT2D eigenvalue weighted by Crippen LogP contribution is 2.25. The Kier molecular flexibility index (Phi) is 18.2. The van der Waals surface area contributed by atoms with E-state index in [1.54, 1.807) is 97.1 Å². The van der Waals surface area contributed by atoms with E-state index >= 15 is 0 Å². The van der Waals surface area contributed by atoms with Crippen LogP contribution >= 0.6 is 0 Å². The van der Waals surface area contributed by atoms with Crippen molar-refractivity contribution in [2.75, 3.05) is 28.3 Å². The Bertz CT molecular complexity index is 3390. The zero-order valence-electron chi connectivity index (χ0n) is 42.8. The second kappa shape index (κ2) is 24.7. The van der Waals surface area contributed by atoms with Crippen molar-refractivity contribution in [3.8, 4) is 16.9 Å². The van der Waals surface area contributed by atoms with Crippen LogP contribution in [0.15, 0.2) is 199 Å². The lowest BCUT2D eigenvalue weighted by molar-refractivity contribution is -0.697.